The lowest BCUT2D eigenvalue weighted by molar-refractivity contribution is -0.0298. The number of fused-ring (bicyclic) bond motifs is 3. The first-order chi connectivity index (χ1) is 11.6. The number of nitrogens with two attached hydrogens (primary N) is 2. The van der Waals surface area contributed by atoms with Crippen LogP contribution in [0.15, 0.2) is 9.98 Å². The van der Waals surface area contributed by atoms with Crippen LogP contribution in [0, 0.1) is 5.92 Å². The summed E-state index contributed by atoms with van der Waals surface area (Å²) in [5.74, 6) is 0.929. The molecule has 3 aliphatic rings. The van der Waals surface area contributed by atoms with E-state index in [4.69, 9.17) is 16.2 Å². The minimum absolute atomic E-state index is 0.0152. The van der Waals surface area contributed by atoms with E-state index in [-0.39, 0.29) is 18.6 Å². The molecule has 3 unspecified atom stereocenters. The van der Waals surface area contributed by atoms with Crippen LogP contribution in [0.3, 0.4) is 0 Å². The summed E-state index contributed by atoms with van der Waals surface area (Å²) >= 11 is 0. The molecule has 4 rings (SSSR count). The van der Waals surface area contributed by atoms with Gasteiger partial charge in [-0.2, -0.15) is 0 Å². The van der Waals surface area contributed by atoms with Gasteiger partial charge in [0.15, 0.2) is 12.1 Å². The maximum absolute atomic E-state index is 9.95. The van der Waals surface area contributed by atoms with E-state index < -0.39 is 18.5 Å². The second kappa shape index (κ2) is 5.78. The third-order valence-electron chi connectivity index (χ3n) is 4.73. The molecule has 9 heteroatoms. The number of nitrogen functional groups attached to an aromatic ring is 1. The monoisotopic (exact) mass is 332 g/mol. The Balaban J connectivity index is 1.65. The van der Waals surface area contributed by atoms with Crippen LogP contribution in [0.25, 0.3) is 0 Å². The lowest BCUT2D eigenvalue weighted by Gasteiger charge is -2.28. The summed E-state index contributed by atoms with van der Waals surface area (Å²) in [6.07, 6.45) is 2.67. The number of rotatable bonds is 2. The number of aliphatic hydroxyl groups excluding tert-OH is 2. The third kappa shape index (κ3) is 2.46. The molecule has 24 heavy (non-hydrogen) atoms. The molecule has 0 spiro atoms. The van der Waals surface area contributed by atoms with Gasteiger partial charge in [-0.1, -0.05) is 0 Å². The predicted octanol–water partition coefficient (Wildman–Crippen LogP) is -0.864. The van der Waals surface area contributed by atoms with Gasteiger partial charge in [-0.25, -0.2) is 4.98 Å². The van der Waals surface area contributed by atoms with Crippen molar-refractivity contribution in [3.63, 3.8) is 0 Å². The summed E-state index contributed by atoms with van der Waals surface area (Å²) in [7, 11) is 0. The highest BCUT2D eigenvalue weighted by molar-refractivity contribution is 5.95. The fourth-order valence-electron chi connectivity index (χ4n) is 3.48. The van der Waals surface area contributed by atoms with Crippen LogP contribution < -0.4 is 16.8 Å². The Labute approximate surface area is 138 Å². The molecule has 1 saturated heterocycles. The van der Waals surface area contributed by atoms with Gasteiger partial charge in [0.25, 0.3) is 0 Å². The molecule has 3 aliphatic heterocycles. The number of hydrogen-bond donors (Lipinski definition) is 5. The summed E-state index contributed by atoms with van der Waals surface area (Å²) in [6, 6.07) is 0. The zero-order chi connectivity index (χ0) is 16.8. The molecule has 0 radical (unpaired) electrons. The highest BCUT2D eigenvalue weighted by Gasteiger charge is 2.39. The number of nitrogens with one attached hydrogen (secondary N) is 1. The number of pyridine rings is 1. The molecule has 0 bridgehead atoms. The van der Waals surface area contributed by atoms with E-state index >= 15 is 0 Å². The average molecular weight is 332 g/mol. The second-order valence-corrected chi connectivity index (χ2v) is 6.30. The summed E-state index contributed by atoms with van der Waals surface area (Å²) < 4.78 is 5.76. The summed E-state index contributed by atoms with van der Waals surface area (Å²) in [5, 5.41) is 22.2. The van der Waals surface area contributed by atoms with Gasteiger partial charge in [0, 0.05) is 30.3 Å². The van der Waals surface area contributed by atoms with Gasteiger partial charge in [-0.15, -0.1) is 0 Å². The van der Waals surface area contributed by atoms with Crippen LogP contribution in [-0.2, 0) is 11.2 Å². The quantitative estimate of drug-likeness (QED) is 0.472. The Hall–Kier alpha value is -2.07. The van der Waals surface area contributed by atoms with Crippen LogP contribution in [0.2, 0.25) is 0 Å². The number of hydrogen-bond acceptors (Lipinski definition) is 9. The molecule has 7 N–H and O–H groups in total. The van der Waals surface area contributed by atoms with Crippen LogP contribution in [0.5, 0.6) is 0 Å². The zero-order valence-corrected chi connectivity index (χ0v) is 13.0. The van der Waals surface area contributed by atoms with Crippen molar-refractivity contribution >= 4 is 29.8 Å². The van der Waals surface area contributed by atoms with E-state index in [9.17, 15) is 10.2 Å². The molecule has 0 amide bonds. The summed E-state index contributed by atoms with van der Waals surface area (Å²) in [5.41, 5.74) is 14.2. The van der Waals surface area contributed by atoms with E-state index in [2.05, 4.69) is 20.3 Å². The van der Waals surface area contributed by atoms with Gasteiger partial charge in [0.2, 0.25) is 0 Å². The number of nitrogens with zero attached hydrogens (tertiary/aromatic N) is 3. The van der Waals surface area contributed by atoms with E-state index in [1.165, 1.54) is 0 Å². The van der Waals surface area contributed by atoms with Crippen molar-refractivity contribution in [3.05, 3.63) is 11.1 Å². The molecular formula is C15H20N6O3. The number of aliphatic imine (C=N–C) groups is 2. The van der Waals surface area contributed by atoms with Gasteiger partial charge < -0.3 is 26.0 Å². The van der Waals surface area contributed by atoms with Crippen LogP contribution in [0.1, 0.15) is 17.5 Å². The van der Waals surface area contributed by atoms with Crippen molar-refractivity contribution in [1.29, 1.82) is 0 Å². The fourth-order valence-corrected chi connectivity index (χ4v) is 3.48. The van der Waals surface area contributed by atoms with E-state index in [0.29, 0.717) is 30.2 Å². The highest BCUT2D eigenvalue weighted by atomic mass is 16.5. The van der Waals surface area contributed by atoms with Crippen LogP contribution in [-0.4, -0.2) is 58.8 Å². The number of aromatic nitrogens is 1. The molecule has 9 nitrogen and oxygen atoms in total. The first kappa shape index (κ1) is 15.5. The van der Waals surface area contributed by atoms with E-state index in [1.807, 2.05) is 0 Å². The van der Waals surface area contributed by atoms with Gasteiger partial charge in [0.05, 0.1) is 18.8 Å². The first-order valence-corrected chi connectivity index (χ1v) is 7.93. The average Bonchev–Trinajstić information content (AvgIpc) is 2.95. The summed E-state index contributed by atoms with van der Waals surface area (Å²) in [4.78, 5) is 13.0. The Kier molecular flexibility index (Phi) is 3.72. The molecule has 1 fully saturated rings. The summed E-state index contributed by atoms with van der Waals surface area (Å²) in [6.45, 7) is -0.196. The molecular weight excluding hydrogens is 312 g/mol. The first-order valence-electron chi connectivity index (χ1n) is 7.93. The third-order valence-corrected chi connectivity index (χ3v) is 4.73. The smallest absolute Gasteiger partial charge is 0.172 e. The van der Waals surface area contributed by atoms with Crippen molar-refractivity contribution < 1.29 is 14.9 Å². The van der Waals surface area contributed by atoms with Crippen molar-refractivity contribution in [2.24, 2.45) is 21.6 Å². The van der Waals surface area contributed by atoms with Gasteiger partial charge >= 0.3 is 0 Å². The van der Waals surface area contributed by atoms with E-state index in [1.54, 1.807) is 12.4 Å². The highest BCUT2D eigenvalue weighted by Crippen LogP contribution is 2.39. The lowest BCUT2D eigenvalue weighted by Crippen LogP contribution is -2.33. The van der Waals surface area contributed by atoms with Crippen LogP contribution >= 0.6 is 0 Å². The molecule has 4 heterocycles. The Bertz CT molecular complexity index is 722. The standard InChI is InChI=1S/C15H20N6O3/c16-13-12-7(8-4-19-15(17)21-14(8)20-13)1-6(3-18-12)10-2-9(23)11(5-22)24-10/h3-4,6,9-11,15,22-23H,1-2,5,17H2,(H3,16,20,21)/t6?,9?,10-,11-,15?/m1/s1. The number of ether oxygens (including phenoxy) is 1. The van der Waals surface area contributed by atoms with E-state index in [0.717, 1.165) is 11.1 Å². The SMILES string of the molecule is Nc1nc2c(c3c1N=CC([C@H]1CC(O)[C@@H](CO)O1)C3)C=NC(N)N2. The zero-order valence-electron chi connectivity index (χ0n) is 13.0. The second-order valence-electron chi connectivity index (χ2n) is 6.30. The lowest BCUT2D eigenvalue weighted by atomic mass is 9.88. The van der Waals surface area contributed by atoms with Gasteiger partial charge in [-0.3, -0.25) is 15.7 Å². The minimum Gasteiger partial charge on any atom is -0.394 e. The molecule has 0 aliphatic carbocycles. The van der Waals surface area contributed by atoms with Crippen molar-refractivity contribution in [1.82, 2.24) is 4.98 Å². The number of anilines is 2. The molecule has 1 aromatic heterocycles. The molecule has 128 valence electrons. The molecule has 0 saturated carbocycles. The number of aliphatic hydroxyl groups is 2. The van der Waals surface area contributed by atoms with Crippen LogP contribution in [0.4, 0.5) is 17.3 Å². The molecule has 1 aromatic rings. The maximum atomic E-state index is 9.95. The molecule has 0 aromatic carbocycles. The maximum Gasteiger partial charge on any atom is 0.172 e. The Morgan fingerprint density at radius 1 is 1.42 bits per heavy atom. The fraction of sp³-hybridized carbons (Fsp3) is 0.533. The van der Waals surface area contributed by atoms with Gasteiger partial charge in [-0.05, 0) is 12.0 Å². The predicted molar refractivity (Wildman–Crippen MR) is 89.6 cm³/mol. The minimum atomic E-state index is -0.660. The van der Waals surface area contributed by atoms with Crippen molar-refractivity contribution in [3.8, 4) is 0 Å². The normalized spacial score (nSPS) is 33.9. The van der Waals surface area contributed by atoms with Crippen molar-refractivity contribution in [2.75, 3.05) is 17.7 Å². The van der Waals surface area contributed by atoms with Gasteiger partial charge in [0.1, 0.15) is 17.6 Å². The van der Waals surface area contributed by atoms with Crippen molar-refractivity contribution in [2.45, 2.75) is 37.4 Å². The Morgan fingerprint density at radius 3 is 3.00 bits per heavy atom. The molecule has 5 atom stereocenters. The largest absolute Gasteiger partial charge is 0.394 e. The topological polar surface area (TPSA) is 151 Å². The Morgan fingerprint density at radius 2 is 2.25 bits per heavy atom.